The summed E-state index contributed by atoms with van der Waals surface area (Å²) in [5.74, 6) is 0.472. The van der Waals surface area contributed by atoms with Crippen LogP contribution >= 0.6 is 23.2 Å². The van der Waals surface area contributed by atoms with Gasteiger partial charge < -0.3 is 14.5 Å². The molecule has 1 saturated heterocycles. The number of rotatable bonds is 5. The summed E-state index contributed by atoms with van der Waals surface area (Å²) >= 11 is 12.0. The van der Waals surface area contributed by atoms with Crippen molar-refractivity contribution < 1.29 is 14.4 Å². The van der Waals surface area contributed by atoms with Gasteiger partial charge in [0.2, 0.25) is 0 Å². The van der Waals surface area contributed by atoms with Gasteiger partial charge in [-0.05, 0) is 25.1 Å². The zero-order valence-electron chi connectivity index (χ0n) is 14.8. The number of carbonyl (C=O) groups excluding carboxylic acids is 1. The summed E-state index contributed by atoms with van der Waals surface area (Å²) < 4.78 is 5.75. The molecular weight excluding hydrogens is 371 g/mol. The van der Waals surface area contributed by atoms with E-state index < -0.39 is 6.10 Å². The number of halogens is 2. The second-order valence-electron chi connectivity index (χ2n) is 6.57. The normalized spacial score (nSPS) is 16.3. The van der Waals surface area contributed by atoms with Gasteiger partial charge in [-0.2, -0.15) is 0 Å². The Kier molecular flexibility index (Phi) is 6.41. The highest BCUT2D eigenvalue weighted by atomic mass is 35.5. The number of carbonyl (C=O) groups is 1. The van der Waals surface area contributed by atoms with Crippen molar-refractivity contribution >= 4 is 29.1 Å². The maximum Gasteiger partial charge on any atom is 0.263 e. The number of ether oxygens (including phenoxy) is 1. The van der Waals surface area contributed by atoms with Crippen molar-refractivity contribution in [3.63, 3.8) is 0 Å². The van der Waals surface area contributed by atoms with E-state index in [9.17, 15) is 4.79 Å². The Morgan fingerprint density at radius 3 is 2.50 bits per heavy atom. The zero-order valence-corrected chi connectivity index (χ0v) is 16.3. The van der Waals surface area contributed by atoms with Gasteiger partial charge in [0, 0.05) is 10.6 Å². The Balaban J connectivity index is 1.51. The third-order valence-electron chi connectivity index (χ3n) is 4.62. The van der Waals surface area contributed by atoms with E-state index in [1.807, 2.05) is 11.0 Å². The van der Waals surface area contributed by atoms with Gasteiger partial charge >= 0.3 is 0 Å². The van der Waals surface area contributed by atoms with Gasteiger partial charge in [0.15, 0.2) is 6.10 Å². The third kappa shape index (κ3) is 4.91. The molecule has 1 aliphatic heterocycles. The molecule has 0 saturated carbocycles. The standard InChI is InChI=1S/C20H22Cl2N2O2/c1-15(26-19-8-7-17(21)13-18(19)22)20(25)24-11-9-23(10-12-24)14-16-5-3-2-4-6-16/h2-8,13,15H,9-12,14H2,1H3/p+1/t15-/m1/s1. The zero-order chi connectivity index (χ0) is 18.5. The summed E-state index contributed by atoms with van der Waals surface area (Å²) in [7, 11) is 0. The lowest BCUT2D eigenvalue weighted by atomic mass is 10.2. The molecule has 26 heavy (non-hydrogen) atoms. The summed E-state index contributed by atoms with van der Waals surface area (Å²) in [6.45, 7) is 6.11. The van der Waals surface area contributed by atoms with Crippen LogP contribution < -0.4 is 9.64 Å². The van der Waals surface area contributed by atoms with E-state index in [1.54, 1.807) is 25.1 Å². The van der Waals surface area contributed by atoms with E-state index in [0.717, 1.165) is 32.7 Å². The summed E-state index contributed by atoms with van der Waals surface area (Å²) in [6.07, 6.45) is -0.579. The lowest BCUT2D eigenvalue weighted by molar-refractivity contribution is -0.917. The van der Waals surface area contributed by atoms with Crippen molar-refractivity contribution in [3.05, 3.63) is 64.1 Å². The quantitative estimate of drug-likeness (QED) is 0.846. The van der Waals surface area contributed by atoms with Crippen LogP contribution in [0.2, 0.25) is 10.0 Å². The van der Waals surface area contributed by atoms with Gasteiger partial charge in [-0.3, -0.25) is 4.79 Å². The molecular formula is C20H23Cl2N2O2+. The molecule has 2 aromatic rings. The summed E-state index contributed by atoms with van der Waals surface area (Å²) in [5, 5.41) is 0.952. The average molecular weight is 394 g/mol. The molecule has 6 heteroatoms. The minimum absolute atomic E-state index is 0.00484. The smallest absolute Gasteiger partial charge is 0.263 e. The van der Waals surface area contributed by atoms with E-state index in [1.165, 1.54) is 10.5 Å². The van der Waals surface area contributed by atoms with Crippen LogP contribution in [0.4, 0.5) is 0 Å². The molecule has 0 aromatic heterocycles. The highest BCUT2D eigenvalue weighted by molar-refractivity contribution is 6.35. The van der Waals surface area contributed by atoms with Crippen LogP contribution in [0, 0.1) is 0 Å². The number of benzene rings is 2. The van der Waals surface area contributed by atoms with Crippen LogP contribution in [0.15, 0.2) is 48.5 Å². The molecule has 1 atom stereocenters. The maximum atomic E-state index is 12.7. The van der Waals surface area contributed by atoms with Gasteiger partial charge in [0.25, 0.3) is 5.91 Å². The van der Waals surface area contributed by atoms with Crippen LogP contribution in [0.5, 0.6) is 5.75 Å². The Bertz CT molecular complexity index is 747. The Morgan fingerprint density at radius 2 is 1.85 bits per heavy atom. The van der Waals surface area contributed by atoms with Gasteiger partial charge in [-0.25, -0.2) is 0 Å². The molecule has 1 heterocycles. The third-order valence-corrected chi connectivity index (χ3v) is 5.16. The monoisotopic (exact) mass is 393 g/mol. The molecule has 138 valence electrons. The van der Waals surface area contributed by atoms with Crippen LogP contribution in [0.25, 0.3) is 0 Å². The molecule has 1 fully saturated rings. The first-order valence-corrected chi connectivity index (χ1v) is 9.56. The number of amides is 1. The Hall–Kier alpha value is -1.75. The van der Waals surface area contributed by atoms with Crippen LogP contribution in [-0.4, -0.2) is 43.1 Å². The fourth-order valence-corrected chi connectivity index (χ4v) is 3.63. The highest BCUT2D eigenvalue weighted by Gasteiger charge is 2.28. The number of hydrogen-bond acceptors (Lipinski definition) is 2. The summed E-state index contributed by atoms with van der Waals surface area (Å²) in [4.78, 5) is 16.0. The van der Waals surface area contributed by atoms with Crippen molar-refractivity contribution in [2.24, 2.45) is 0 Å². The molecule has 1 aliphatic rings. The van der Waals surface area contributed by atoms with Crippen molar-refractivity contribution in [2.45, 2.75) is 19.6 Å². The van der Waals surface area contributed by atoms with E-state index in [4.69, 9.17) is 27.9 Å². The molecule has 3 rings (SSSR count). The van der Waals surface area contributed by atoms with Crippen molar-refractivity contribution in [1.29, 1.82) is 0 Å². The van der Waals surface area contributed by atoms with Crippen molar-refractivity contribution in [2.75, 3.05) is 26.2 Å². The van der Waals surface area contributed by atoms with Gasteiger partial charge in [0.05, 0.1) is 31.2 Å². The van der Waals surface area contributed by atoms with Gasteiger partial charge in [-0.1, -0.05) is 53.5 Å². The largest absolute Gasteiger partial charge is 0.479 e. The number of nitrogens with one attached hydrogen (secondary N) is 1. The molecule has 0 spiro atoms. The fraction of sp³-hybridized carbons (Fsp3) is 0.350. The average Bonchev–Trinajstić information content (AvgIpc) is 2.65. The van der Waals surface area contributed by atoms with Crippen LogP contribution in [0.1, 0.15) is 12.5 Å². The second kappa shape index (κ2) is 8.76. The van der Waals surface area contributed by atoms with E-state index in [2.05, 4.69) is 24.3 Å². The van der Waals surface area contributed by atoms with E-state index >= 15 is 0 Å². The maximum absolute atomic E-state index is 12.7. The fourth-order valence-electron chi connectivity index (χ4n) is 3.17. The predicted molar refractivity (Wildman–Crippen MR) is 104 cm³/mol. The first-order chi connectivity index (χ1) is 12.5. The minimum Gasteiger partial charge on any atom is -0.479 e. The summed E-state index contributed by atoms with van der Waals surface area (Å²) in [6, 6.07) is 15.5. The van der Waals surface area contributed by atoms with Gasteiger partial charge in [-0.15, -0.1) is 0 Å². The molecule has 0 unspecified atom stereocenters. The lowest BCUT2D eigenvalue weighted by Gasteiger charge is -2.33. The molecule has 1 amide bonds. The van der Waals surface area contributed by atoms with E-state index in [0.29, 0.717) is 15.8 Å². The predicted octanol–water partition coefficient (Wildman–Crippen LogP) is 2.69. The SMILES string of the molecule is C[C@@H](Oc1ccc(Cl)cc1Cl)C(=O)N1CC[NH+](Cc2ccccc2)CC1. The van der Waals surface area contributed by atoms with Crippen LogP contribution in [-0.2, 0) is 11.3 Å². The number of quaternary nitrogens is 1. The molecule has 0 bridgehead atoms. The number of piperazine rings is 1. The number of nitrogens with zero attached hydrogens (tertiary/aromatic N) is 1. The molecule has 0 radical (unpaired) electrons. The first kappa shape index (κ1) is 19.0. The minimum atomic E-state index is -0.579. The van der Waals surface area contributed by atoms with Crippen molar-refractivity contribution in [3.8, 4) is 5.75 Å². The van der Waals surface area contributed by atoms with E-state index in [-0.39, 0.29) is 5.91 Å². The molecule has 2 aromatic carbocycles. The topological polar surface area (TPSA) is 34.0 Å². The Labute approximate surface area is 164 Å². The first-order valence-electron chi connectivity index (χ1n) is 8.81. The Morgan fingerprint density at radius 1 is 1.15 bits per heavy atom. The molecule has 0 aliphatic carbocycles. The summed E-state index contributed by atoms with van der Waals surface area (Å²) in [5.41, 5.74) is 1.33. The molecule has 1 N–H and O–H groups in total. The lowest BCUT2D eigenvalue weighted by Crippen LogP contribution is -3.13. The van der Waals surface area contributed by atoms with Gasteiger partial charge in [0.1, 0.15) is 12.3 Å². The van der Waals surface area contributed by atoms with Crippen molar-refractivity contribution in [1.82, 2.24) is 4.90 Å². The highest BCUT2D eigenvalue weighted by Crippen LogP contribution is 2.28. The second-order valence-corrected chi connectivity index (χ2v) is 7.42. The number of hydrogen-bond donors (Lipinski definition) is 1. The molecule has 4 nitrogen and oxygen atoms in total. The van der Waals surface area contributed by atoms with Crippen LogP contribution in [0.3, 0.4) is 0 Å².